The lowest BCUT2D eigenvalue weighted by atomic mass is 10.0. The van der Waals surface area contributed by atoms with E-state index in [9.17, 15) is 9.90 Å². The summed E-state index contributed by atoms with van der Waals surface area (Å²) in [5.74, 6) is -0.901. The second kappa shape index (κ2) is 5.07. The van der Waals surface area contributed by atoms with Crippen molar-refractivity contribution >= 4 is 27.6 Å². The Kier molecular flexibility index (Phi) is 3.05. The van der Waals surface area contributed by atoms with Gasteiger partial charge in [-0.25, -0.2) is 4.79 Å². The summed E-state index contributed by atoms with van der Waals surface area (Å²) in [6.45, 7) is 0.963. The van der Waals surface area contributed by atoms with Gasteiger partial charge in [0.2, 0.25) is 0 Å². The fourth-order valence-corrected chi connectivity index (χ4v) is 3.23. The first-order valence-electron chi connectivity index (χ1n) is 7.52. The number of aromatic carboxylic acids is 1. The smallest absolute Gasteiger partial charge is 0.336 e. The molecule has 2 N–H and O–H groups in total. The predicted molar refractivity (Wildman–Crippen MR) is 86.2 cm³/mol. The van der Waals surface area contributed by atoms with Crippen LogP contribution in [-0.2, 0) is 0 Å². The van der Waals surface area contributed by atoms with Crippen LogP contribution in [0.3, 0.4) is 0 Å². The maximum absolute atomic E-state index is 11.7. The fraction of sp³-hybridized carbons (Fsp3) is 0.222. The van der Waals surface area contributed by atoms with Crippen LogP contribution in [0.15, 0.2) is 42.5 Å². The van der Waals surface area contributed by atoms with Gasteiger partial charge < -0.3 is 10.4 Å². The number of carbonyl (C=O) groups is 1. The topological polar surface area (TPSA) is 62.2 Å². The molecule has 3 aromatic rings. The number of aromatic nitrogens is 1. The lowest BCUT2D eigenvalue weighted by Crippen LogP contribution is -2.15. The number of fused-ring (bicyclic) bond motifs is 2. The van der Waals surface area contributed by atoms with Crippen LogP contribution in [0, 0.1) is 0 Å². The van der Waals surface area contributed by atoms with E-state index in [1.807, 2.05) is 36.4 Å². The van der Waals surface area contributed by atoms with Gasteiger partial charge in [-0.05, 0) is 48.4 Å². The van der Waals surface area contributed by atoms with Gasteiger partial charge >= 0.3 is 5.97 Å². The highest BCUT2D eigenvalue weighted by Crippen LogP contribution is 2.29. The molecule has 0 saturated carbocycles. The van der Waals surface area contributed by atoms with Crippen molar-refractivity contribution in [3.63, 3.8) is 0 Å². The number of nitrogens with one attached hydrogen (secondary N) is 1. The molecular formula is C18H16N2O2. The first-order valence-corrected chi connectivity index (χ1v) is 7.52. The lowest BCUT2D eigenvalue weighted by molar-refractivity contribution is 0.0699. The van der Waals surface area contributed by atoms with Crippen molar-refractivity contribution in [2.45, 2.75) is 18.9 Å². The largest absolute Gasteiger partial charge is 0.478 e. The van der Waals surface area contributed by atoms with Crippen molar-refractivity contribution in [2.24, 2.45) is 0 Å². The molecule has 1 fully saturated rings. The van der Waals surface area contributed by atoms with Crippen molar-refractivity contribution in [2.75, 3.05) is 6.54 Å². The Hall–Kier alpha value is -2.46. The monoisotopic (exact) mass is 292 g/mol. The van der Waals surface area contributed by atoms with Gasteiger partial charge in [0.25, 0.3) is 0 Å². The Morgan fingerprint density at radius 3 is 2.64 bits per heavy atom. The van der Waals surface area contributed by atoms with Crippen molar-refractivity contribution in [3.8, 4) is 0 Å². The highest BCUT2D eigenvalue weighted by Gasteiger charge is 2.21. The molecule has 1 atom stereocenters. The molecular weight excluding hydrogens is 276 g/mol. The van der Waals surface area contributed by atoms with Crippen LogP contribution in [0.2, 0.25) is 0 Å². The average molecular weight is 292 g/mol. The van der Waals surface area contributed by atoms with Crippen molar-refractivity contribution in [1.29, 1.82) is 0 Å². The predicted octanol–water partition coefficient (Wildman–Crippen LogP) is 3.51. The van der Waals surface area contributed by atoms with Crippen LogP contribution in [-0.4, -0.2) is 22.6 Å². The molecule has 1 aliphatic rings. The van der Waals surface area contributed by atoms with E-state index in [0.29, 0.717) is 10.9 Å². The van der Waals surface area contributed by atoms with Gasteiger partial charge in [0.05, 0.1) is 16.8 Å². The summed E-state index contributed by atoms with van der Waals surface area (Å²) in [4.78, 5) is 16.4. The lowest BCUT2D eigenvalue weighted by Gasteiger charge is -2.13. The third-order valence-electron chi connectivity index (χ3n) is 4.34. The summed E-state index contributed by atoms with van der Waals surface area (Å²) in [5, 5.41) is 15.8. The van der Waals surface area contributed by atoms with Gasteiger partial charge in [0, 0.05) is 11.4 Å². The van der Waals surface area contributed by atoms with Crippen molar-refractivity contribution < 1.29 is 9.90 Å². The molecule has 1 saturated heterocycles. The SMILES string of the molecule is O=C(O)c1cc(C2CCCN2)nc2cc3ccccc3cc12. The summed E-state index contributed by atoms with van der Waals surface area (Å²) in [6, 6.07) is 13.7. The Labute approximate surface area is 127 Å². The van der Waals surface area contributed by atoms with Gasteiger partial charge in [-0.3, -0.25) is 4.98 Å². The Morgan fingerprint density at radius 1 is 1.18 bits per heavy atom. The number of carboxylic acid groups (broad SMARTS) is 1. The first-order chi connectivity index (χ1) is 10.7. The Bertz CT molecular complexity index is 883. The van der Waals surface area contributed by atoms with Crippen LogP contribution in [0.25, 0.3) is 21.7 Å². The van der Waals surface area contributed by atoms with Gasteiger partial charge in [0.15, 0.2) is 0 Å². The molecule has 0 amide bonds. The Balaban J connectivity index is 2.01. The van der Waals surface area contributed by atoms with Crippen LogP contribution in [0.1, 0.15) is 34.9 Å². The summed E-state index contributed by atoms with van der Waals surface area (Å²) < 4.78 is 0. The standard InChI is InChI=1S/C18H16N2O2/c21-18(22)14-10-17(15-6-3-7-19-15)20-16-9-12-5-2-1-4-11(12)8-13(14)16/h1-2,4-5,8-10,15,19H,3,6-7H2,(H,21,22). The zero-order valence-corrected chi connectivity index (χ0v) is 12.0. The van der Waals surface area contributed by atoms with E-state index >= 15 is 0 Å². The summed E-state index contributed by atoms with van der Waals surface area (Å²) in [7, 11) is 0. The Morgan fingerprint density at radius 2 is 1.95 bits per heavy atom. The minimum Gasteiger partial charge on any atom is -0.478 e. The number of rotatable bonds is 2. The number of nitrogens with zero attached hydrogens (tertiary/aromatic N) is 1. The normalized spacial score (nSPS) is 18.1. The van der Waals surface area contributed by atoms with Crippen molar-refractivity contribution in [3.05, 3.63) is 53.7 Å². The van der Waals surface area contributed by atoms with Crippen molar-refractivity contribution in [1.82, 2.24) is 10.3 Å². The van der Waals surface area contributed by atoms with Crippen LogP contribution in [0.5, 0.6) is 0 Å². The molecule has 2 aromatic carbocycles. The molecule has 1 aliphatic heterocycles. The number of pyridine rings is 1. The molecule has 4 nitrogen and oxygen atoms in total. The molecule has 2 heterocycles. The minimum atomic E-state index is -0.901. The summed E-state index contributed by atoms with van der Waals surface area (Å²) >= 11 is 0. The quantitative estimate of drug-likeness (QED) is 0.709. The molecule has 0 radical (unpaired) electrons. The highest BCUT2D eigenvalue weighted by atomic mass is 16.4. The van der Waals surface area contributed by atoms with Crippen LogP contribution < -0.4 is 5.32 Å². The molecule has 0 spiro atoms. The molecule has 1 aromatic heterocycles. The number of hydrogen-bond donors (Lipinski definition) is 2. The number of hydrogen-bond acceptors (Lipinski definition) is 3. The molecule has 1 unspecified atom stereocenters. The second-order valence-corrected chi connectivity index (χ2v) is 5.77. The maximum Gasteiger partial charge on any atom is 0.336 e. The number of benzene rings is 2. The molecule has 110 valence electrons. The van der Waals surface area contributed by atoms with E-state index in [0.717, 1.165) is 41.4 Å². The molecule has 4 heteroatoms. The van der Waals surface area contributed by atoms with Gasteiger partial charge in [-0.15, -0.1) is 0 Å². The third kappa shape index (κ3) is 2.12. The van der Waals surface area contributed by atoms with Crippen LogP contribution >= 0.6 is 0 Å². The summed E-state index contributed by atoms with van der Waals surface area (Å²) in [6.07, 6.45) is 2.11. The van der Waals surface area contributed by atoms with E-state index in [4.69, 9.17) is 4.98 Å². The van der Waals surface area contributed by atoms with Gasteiger partial charge in [-0.2, -0.15) is 0 Å². The minimum absolute atomic E-state index is 0.161. The second-order valence-electron chi connectivity index (χ2n) is 5.77. The molecule has 0 bridgehead atoms. The van der Waals surface area contributed by atoms with Crippen LogP contribution in [0.4, 0.5) is 0 Å². The van der Waals surface area contributed by atoms with E-state index in [1.165, 1.54) is 0 Å². The summed E-state index contributed by atoms with van der Waals surface area (Å²) in [5.41, 5.74) is 1.92. The first kappa shape index (κ1) is 13.2. The molecule has 0 aliphatic carbocycles. The fourth-order valence-electron chi connectivity index (χ4n) is 3.23. The zero-order chi connectivity index (χ0) is 15.1. The third-order valence-corrected chi connectivity index (χ3v) is 4.34. The van der Waals surface area contributed by atoms with Gasteiger partial charge in [-0.1, -0.05) is 24.3 Å². The van der Waals surface area contributed by atoms with E-state index < -0.39 is 5.97 Å². The molecule has 4 rings (SSSR count). The highest BCUT2D eigenvalue weighted by molar-refractivity contribution is 6.07. The van der Waals surface area contributed by atoms with E-state index in [1.54, 1.807) is 6.07 Å². The number of carboxylic acids is 1. The van der Waals surface area contributed by atoms with Gasteiger partial charge in [0.1, 0.15) is 0 Å². The zero-order valence-electron chi connectivity index (χ0n) is 12.0. The van der Waals surface area contributed by atoms with E-state index in [2.05, 4.69) is 5.32 Å². The maximum atomic E-state index is 11.7. The van der Waals surface area contributed by atoms with E-state index in [-0.39, 0.29) is 6.04 Å². The molecule has 22 heavy (non-hydrogen) atoms. The average Bonchev–Trinajstić information content (AvgIpc) is 3.06.